The van der Waals surface area contributed by atoms with Gasteiger partial charge in [0.15, 0.2) is 0 Å². The number of methoxy groups -OCH3 is 1. The van der Waals surface area contributed by atoms with E-state index in [-0.39, 0.29) is 28.0 Å². The highest BCUT2D eigenvalue weighted by Gasteiger charge is 2.26. The Hall–Kier alpha value is -4.60. The zero-order valence-electron chi connectivity index (χ0n) is 22.8. The fourth-order valence-corrected chi connectivity index (χ4v) is 5.74. The number of carbonyl (C=O) groups excluding carboxylic acids is 1. The van der Waals surface area contributed by atoms with E-state index < -0.39 is 22.0 Å². The normalized spacial score (nSPS) is 12.4. The number of rotatable bonds is 8. The third-order valence-corrected chi connectivity index (χ3v) is 8.36. The monoisotopic (exact) mass is 570 g/mol. The zero-order valence-corrected chi connectivity index (χ0v) is 23.6. The van der Waals surface area contributed by atoms with E-state index in [0.717, 1.165) is 5.39 Å². The molecule has 0 heterocycles. The number of nitrogens with two attached hydrogens (primary N) is 1. The minimum Gasteiger partial charge on any atom is -0.507 e. The van der Waals surface area contributed by atoms with Crippen LogP contribution in [0.4, 0.5) is 5.69 Å². The van der Waals surface area contributed by atoms with E-state index in [1.165, 1.54) is 19.2 Å². The summed E-state index contributed by atoms with van der Waals surface area (Å²) in [6, 6.07) is 24.5. The summed E-state index contributed by atoms with van der Waals surface area (Å²) >= 11 is 0. The lowest BCUT2D eigenvalue weighted by molar-refractivity contribution is -0.136. The smallest absolute Gasteiger partial charge is 0.328 e. The van der Waals surface area contributed by atoms with Crippen molar-refractivity contribution in [2.75, 3.05) is 11.8 Å². The molecule has 5 aromatic rings. The second kappa shape index (κ2) is 11.1. The van der Waals surface area contributed by atoms with Gasteiger partial charge in [-0.25, -0.2) is 13.2 Å². The van der Waals surface area contributed by atoms with E-state index in [1.807, 2.05) is 38.1 Å². The van der Waals surface area contributed by atoms with Crippen LogP contribution in [-0.4, -0.2) is 32.6 Å². The van der Waals surface area contributed by atoms with Crippen molar-refractivity contribution in [3.63, 3.8) is 0 Å². The number of nitrogens with one attached hydrogen (secondary N) is 1. The lowest BCUT2D eigenvalue weighted by Gasteiger charge is -2.21. The highest BCUT2D eigenvalue weighted by atomic mass is 32.2. The highest BCUT2D eigenvalue weighted by Crippen LogP contribution is 2.47. The predicted octanol–water partition coefficient (Wildman–Crippen LogP) is 6.06. The highest BCUT2D eigenvalue weighted by molar-refractivity contribution is 7.92. The number of esters is 1. The largest absolute Gasteiger partial charge is 0.507 e. The third kappa shape index (κ3) is 5.41. The summed E-state index contributed by atoms with van der Waals surface area (Å²) in [5.74, 6) is -0.195. The van der Waals surface area contributed by atoms with Crippen molar-refractivity contribution in [2.45, 2.75) is 24.8 Å². The fraction of sp³-hybridized carbons (Fsp3) is 0.156. The maximum absolute atomic E-state index is 13.5. The number of hydrogen-bond acceptors (Lipinski definition) is 7. The van der Waals surface area contributed by atoms with Gasteiger partial charge in [0.2, 0.25) is 0 Å². The van der Waals surface area contributed by atoms with Crippen molar-refractivity contribution in [3.05, 3.63) is 91.0 Å². The lowest BCUT2D eigenvalue weighted by atomic mass is 9.93. The number of carbonyl (C=O) groups is 1. The summed E-state index contributed by atoms with van der Waals surface area (Å²) in [5, 5.41) is 13.6. The number of hydrogen-bond donors (Lipinski definition) is 3. The molecule has 0 unspecified atom stereocenters. The average Bonchev–Trinajstić information content (AvgIpc) is 2.97. The summed E-state index contributed by atoms with van der Waals surface area (Å²) in [4.78, 5) is 13.2. The van der Waals surface area contributed by atoms with Crippen LogP contribution < -0.4 is 19.9 Å². The number of anilines is 1. The van der Waals surface area contributed by atoms with E-state index in [4.69, 9.17) is 15.2 Å². The molecule has 5 rings (SSSR count). The van der Waals surface area contributed by atoms with E-state index in [1.54, 1.807) is 54.6 Å². The van der Waals surface area contributed by atoms with Gasteiger partial charge in [0, 0.05) is 21.9 Å². The van der Waals surface area contributed by atoms with Gasteiger partial charge in [-0.05, 0) is 53.1 Å². The fourth-order valence-electron chi connectivity index (χ4n) is 4.67. The van der Waals surface area contributed by atoms with E-state index in [9.17, 15) is 18.3 Å². The van der Waals surface area contributed by atoms with E-state index >= 15 is 0 Å². The Morgan fingerprint density at radius 3 is 2.17 bits per heavy atom. The van der Waals surface area contributed by atoms with Gasteiger partial charge in [-0.2, -0.15) is 0 Å². The van der Waals surface area contributed by atoms with Gasteiger partial charge in [-0.3, -0.25) is 4.72 Å². The Kier molecular flexibility index (Phi) is 7.57. The van der Waals surface area contributed by atoms with Crippen molar-refractivity contribution >= 4 is 43.2 Å². The van der Waals surface area contributed by atoms with Crippen molar-refractivity contribution < 1.29 is 27.8 Å². The van der Waals surface area contributed by atoms with Gasteiger partial charge in [0.25, 0.3) is 10.0 Å². The Balaban J connectivity index is 1.78. The molecule has 0 radical (unpaired) electrons. The van der Waals surface area contributed by atoms with Crippen LogP contribution in [0, 0.1) is 5.92 Å². The molecule has 0 aliphatic rings. The molecule has 0 saturated carbocycles. The van der Waals surface area contributed by atoms with Crippen LogP contribution in [0.3, 0.4) is 0 Å². The average molecular weight is 571 g/mol. The minimum absolute atomic E-state index is 0.0374. The number of sulfonamides is 1. The molecule has 0 bridgehead atoms. The minimum atomic E-state index is -4.04. The van der Waals surface area contributed by atoms with Crippen LogP contribution >= 0.6 is 0 Å². The molecular weight excluding hydrogens is 540 g/mol. The number of benzene rings is 5. The van der Waals surface area contributed by atoms with Crippen molar-refractivity contribution in [1.82, 2.24) is 0 Å². The molecule has 0 spiro atoms. The second-order valence-electron chi connectivity index (χ2n) is 10.00. The number of ether oxygens (including phenoxy) is 2. The molecule has 41 heavy (non-hydrogen) atoms. The molecule has 0 fully saturated rings. The summed E-state index contributed by atoms with van der Waals surface area (Å²) in [5.41, 5.74) is 7.09. The zero-order chi connectivity index (χ0) is 29.3. The Labute approximate surface area is 238 Å². The molecule has 8 nitrogen and oxygen atoms in total. The van der Waals surface area contributed by atoms with Gasteiger partial charge in [-0.15, -0.1) is 0 Å². The first-order chi connectivity index (χ1) is 19.6. The topological polar surface area (TPSA) is 128 Å². The first-order valence-electron chi connectivity index (χ1n) is 13.0. The number of phenols is 1. The Morgan fingerprint density at radius 1 is 0.878 bits per heavy atom. The molecule has 0 aromatic heterocycles. The summed E-state index contributed by atoms with van der Waals surface area (Å²) in [7, 11) is -2.54. The quantitative estimate of drug-likeness (QED) is 0.153. The molecule has 1 atom stereocenters. The van der Waals surface area contributed by atoms with Crippen molar-refractivity contribution in [3.8, 4) is 28.4 Å². The summed E-state index contributed by atoms with van der Waals surface area (Å²) < 4.78 is 40.8. The molecular formula is C32H30N2O6S. The molecule has 210 valence electrons. The molecule has 0 aliphatic carbocycles. The van der Waals surface area contributed by atoms with Crippen molar-refractivity contribution in [1.29, 1.82) is 0 Å². The molecule has 4 N–H and O–H groups in total. The molecule has 9 heteroatoms. The molecule has 0 amide bonds. The third-order valence-electron chi connectivity index (χ3n) is 6.98. The predicted molar refractivity (Wildman–Crippen MR) is 161 cm³/mol. The van der Waals surface area contributed by atoms with E-state index in [0.29, 0.717) is 33.0 Å². The maximum atomic E-state index is 13.5. The molecule has 0 aliphatic heterocycles. The van der Waals surface area contributed by atoms with Gasteiger partial charge >= 0.3 is 5.97 Å². The van der Waals surface area contributed by atoms with Crippen molar-refractivity contribution in [2.24, 2.45) is 11.7 Å². The van der Waals surface area contributed by atoms with E-state index in [2.05, 4.69) is 4.72 Å². The van der Waals surface area contributed by atoms with Gasteiger partial charge < -0.3 is 20.3 Å². The van der Waals surface area contributed by atoms with Crippen LogP contribution in [0.5, 0.6) is 17.2 Å². The van der Waals surface area contributed by atoms with Gasteiger partial charge in [0.05, 0.1) is 17.7 Å². The Bertz CT molecular complexity index is 1870. The second-order valence-corrected chi connectivity index (χ2v) is 11.7. The first-order valence-corrected chi connectivity index (χ1v) is 14.5. The first kappa shape index (κ1) is 27.9. The summed E-state index contributed by atoms with van der Waals surface area (Å²) in [6.45, 7) is 3.64. The van der Waals surface area contributed by atoms with Crippen LogP contribution in [0.1, 0.15) is 13.8 Å². The maximum Gasteiger partial charge on any atom is 0.328 e. The number of phenolic OH excluding ortho intramolecular Hbond substituents is 1. The van der Waals surface area contributed by atoms with Crippen LogP contribution in [0.2, 0.25) is 0 Å². The molecule has 5 aromatic carbocycles. The van der Waals surface area contributed by atoms with Crippen LogP contribution in [-0.2, 0) is 14.8 Å². The van der Waals surface area contributed by atoms with Gasteiger partial charge in [-0.1, -0.05) is 68.4 Å². The van der Waals surface area contributed by atoms with Crippen LogP contribution in [0.25, 0.3) is 32.7 Å². The van der Waals surface area contributed by atoms with Gasteiger partial charge in [0.1, 0.15) is 23.3 Å². The standard InChI is InChI=1S/C32H30N2O6S/c1-19(2)30(33)32(36)40-31-25-11-7-6-10-24(25)27(34-41(37,38)22-15-13-21(39-3)14-16-22)18-26(31)29-23-9-5-4-8-20(23)12-17-28(29)35/h4-19,30,34-35H,33H2,1-3H3/t30-/m0/s1. The SMILES string of the molecule is COc1ccc(S(=O)(=O)Nc2cc(-c3c(O)ccc4ccccc34)c(OC(=O)[C@@H](N)C(C)C)c3ccccc23)cc1. The van der Waals surface area contributed by atoms with Crippen LogP contribution in [0.15, 0.2) is 95.9 Å². The number of aromatic hydroxyl groups is 1. The molecule has 0 saturated heterocycles. The Morgan fingerprint density at radius 2 is 1.51 bits per heavy atom. The summed E-state index contributed by atoms with van der Waals surface area (Å²) in [6.07, 6.45) is 0. The number of fused-ring (bicyclic) bond motifs is 2. The lowest BCUT2D eigenvalue weighted by Crippen LogP contribution is -2.38.